The Labute approximate surface area is 116 Å². The van der Waals surface area contributed by atoms with Gasteiger partial charge in [-0.2, -0.15) is 0 Å². The molecule has 1 aromatic carbocycles. The smallest absolute Gasteiger partial charge is 0.0504 e. The molecule has 2 N–H and O–H groups in total. The quantitative estimate of drug-likeness (QED) is 0.777. The number of nitrogens with two attached hydrogens (primary N) is 1. The van der Waals surface area contributed by atoms with Gasteiger partial charge in [0.05, 0.1) is 5.69 Å². The summed E-state index contributed by atoms with van der Waals surface area (Å²) in [5, 5.41) is 1.91. The third-order valence-electron chi connectivity index (χ3n) is 3.33. The molecule has 0 radical (unpaired) electrons. The molecular formula is C15H14ClN3. The van der Waals surface area contributed by atoms with Crippen molar-refractivity contribution in [3.63, 3.8) is 0 Å². The van der Waals surface area contributed by atoms with E-state index >= 15 is 0 Å². The van der Waals surface area contributed by atoms with Gasteiger partial charge >= 0.3 is 0 Å². The van der Waals surface area contributed by atoms with Crippen molar-refractivity contribution in [2.45, 2.75) is 6.54 Å². The van der Waals surface area contributed by atoms with E-state index in [9.17, 15) is 0 Å². The van der Waals surface area contributed by atoms with E-state index in [1.807, 2.05) is 31.4 Å². The van der Waals surface area contributed by atoms with Crippen LogP contribution >= 0.6 is 11.6 Å². The molecule has 0 unspecified atom stereocenters. The average Bonchev–Trinajstić information content (AvgIpc) is 2.76. The molecule has 2 heterocycles. The van der Waals surface area contributed by atoms with Gasteiger partial charge in [-0.3, -0.25) is 4.98 Å². The van der Waals surface area contributed by atoms with Crippen LogP contribution in [0.3, 0.4) is 0 Å². The van der Waals surface area contributed by atoms with E-state index in [2.05, 4.69) is 21.7 Å². The Hall–Kier alpha value is -1.84. The monoisotopic (exact) mass is 271 g/mol. The van der Waals surface area contributed by atoms with Gasteiger partial charge in [-0.15, -0.1) is 0 Å². The lowest BCUT2D eigenvalue weighted by molar-refractivity contribution is 0.973. The van der Waals surface area contributed by atoms with Gasteiger partial charge in [0, 0.05) is 47.5 Å². The van der Waals surface area contributed by atoms with Crippen molar-refractivity contribution < 1.29 is 0 Å². The van der Waals surface area contributed by atoms with Crippen molar-refractivity contribution in [2.24, 2.45) is 12.8 Å². The first kappa shape index (κ1) is 12.2. The summed E-state index contributed by atoms with van der Waals surface area (Å²) in [6.07, 6.45) is 3.65. The second kappa shape index (κ2) is 4.68. The molecule has 3 rings (SSSR count). The maximum atomic E-state index is 6.05. The summed E-state index contributed by atoms with van der Waals surface area (Å²) in [5.74, 6) is 0. The Morgan fingerprint density at radius 2 is 2.05 bits per heavy atom. The van der Waals surface area contributed by atoms with Crippen LogP contribution in [-0.2, 0) is 13.6 Å². The number of fused-ring (bicyclic) bond motifs is 1. The molecule has 0 amide bonds. The lowest BCUT2D eigenvalue weighted by Crippen LogP contribution is -1.98. The van der Waals surface area contributed by atoms with E-state index in [0.717, 1.165) is 27.4 Å². The minimum Gasteiger partial charge on any atom is -0.344 e. The molecule has 0 fully saturated rings. The molecule has 0 spiro atoms. The first-order valence-corrected chi connectivity index (χ1v) is 6.46. The summed E-state index contributed by atoms with van der Waals surface area (Å²) in [5.41, 5.74) is 9.98. The fourth-order valence-corrected chi connectivity index (χ4v) is 2.49. The van der Waals surface area contributed by atoms with Gasteiger partial charge in [0.15, 0.2) is 0 Å². The third kappa shape index (κ3) is 2.11. The van der Waals surface area contributed by atoms with Crippen LogP contribution in [0.2, 0.25) is 5.02 Å². The number of nitrogens with zero attached hydrogens (tertiary/aromatic N) is 2. The van der Waals surface area contributed by atoms with E-state index in [0.29, 0.717) is 6.54 Å². The highest BCUT2D eigenvalue weighted by Gasteiger charge is 2.09. The van der Waals surface area contributed by atoms with E-state index in [1.165, 1.54) is 5.39 Å². The number of hydrogen-bond donors (Lipinski definition) is 1. The molecule has 0 aliphatic rings. The van der Waals surface area contributed by atoms with Gasteiger partial charge < -0.3 is 10.3 Å². The molecule has 0 aliphatic carbocycles. The molecular weight excluding hydrogens is 258 g/mol. The van der Waals surface area contributed by atoms with Gasteiger partial charge in [-0.1, -0.05) is 17.7 Å². The molecule has 96 valence electrons. The van der Waals surface area contributed by atoms with Crippen LogP contribution in [0.25, 0.3) is 22.2 Å². The van der Waals surface area contributed by atoms with E-state index in [1.54, 1.807) is 6.20 Å². The highest BCUT2D eigenvalue weighted by atomic mass is 35.5. The number of aromatic nitrogens is 2. The zero-order valence-electron chi connectivity index (χ0n) is 10.6. The van der Waals surface area contributed by atoms with Gasteiger partial charge in [-0.05, 0) is 29.8 Å². The lowest BCUT2D eigenvalue weighted by atomic mass is 10.1. The van der Waals surface area contributed by atoms with Crippen LogP contribution in [0.1, 0.15) is 5.56 Å². The largest absolute Gasteiger partial charge is 0.344 e. The van der Waals surface area contributed by atoms with Crippen molar-refractivity contribution in [1.82, 2.24) is 9.55 Å². The van der Waals surface area contributed by atoms with E-state index in [4.69, 9.17) is 17.3 Å². The lowest BCUT2D eigenvalue weighted by Gasteiger charge is -2.05. The number of benzene rings is 1. The van der Waals surface area contributed by atoms with Crippen LogP contribution < -0.4 is 5.73 Å². The minimum atomic E-state index is 0.497. The predicted molar refractivity (Wildman–Crippen MR) is 79.1 cm³/mol. The SMILES string of the molecule is Cn1c(-c2cncc(CN)c2)cc2ccc(Cl)cc21. The summed E-state index contributed by atoms with van der Waals surface area (Å²) in [6, 6.07) is 10.1. The standard InChI is InChI=1S/C15H14ClN3/c1-19-14(12-4-10(7-17)8-18-9-12)5-11-2-3-13(16)6-15(11)19/h2-6,8-9H,7,17H2,1H3. The van der Waals surface area contributed by atoms with Crippen molar-refractivity contribution in [2.75, 3.05) is 0 Å². The third-order valence-corrected chi connectivity index (χ3v) is 3.57. The van der Waals surface area contributed by atoms with Crippen LogP contribution in [0.5, 0.6) is 0 Å². The van der Waals surface area contributed by atoms with Crippen molar-refractivity contribution in [3.05, 3.63) is 53.3 Å². The number of aryl methyl sites for hydroxylation is 1. The maximum Gasteiger partial charge on any atom is 0.0504 e. The first-order valence-electron chi connectivity index (χ1n) is 6.08. The Balaban J connectivity index is 2.21. The van der Waals surface area contributed by atoms with E-state index in [-0.39, 0.29) is 0 Å². The molecule has 0 aliphatic heterocycles. The molecule has 19 heavy (non-hydrogen) atoms. The first-order chi connectivity index (χ1) is 9.19. The van der Waals surface area contributed by atoms with Gasteiger partial charge in [0.25, 0.3) is 0 Å². The summed E-state index contributed by atoms with van der Waals surface area (Å²) in [6.45, 7) is 0.497. The zero-order chi connectivity index (χ0) is 13.4. The Morgan fingerprint density at radius 1 is 1.21 bits per heavy atom. The number of rotatable bonds is 2. The van der Waals surface area contributed by atoms with Gasteiger partial charge in [-0.25, -0.2) is 0 Å². The van der Waals surface area contributed by atoms with Crippen LogP contribution in [0, 0.1) is 0 Å². The molecule has 0 atom stereocenters. The number of hydrogen-bond acceptors (Lipinski definition) is 2. The summed E-state index contributed by atoms with van der Waals surface area (Å²) in [7, 11) is 2.03. The Kier molecular flexibility index (Phi) is 3.01. The fraction of sp³-hybridized carbons (Fsp3) is 0.133. The Morgan fingerprint density at radius 3 is 2.84 bits per heavy atom. The van der Waals surface area contributed by atoms with Crippen molar-refractivity contribution in [3.8, 4) is 11.3 Å². The maximum absolute atomic E-state index is 6.05. The number of pyridine rings is 1. The fourth-order valence-electron chi connectivity index (χ4n) is 2.32. The van der Waals surface area contributed by atoms with Crippen LogP contribution in [-0.4, -0.2) is 9.55 Å². The second-order valence-corrected chi connectivity index (χ2v) is 5.01. The van der Waals surface area contributed by atoms with Crippen molar-refractivity contribution in [1.29, 1.82) is 0 Å². The highest BCUT2D eigenvalue weighted by molar-refractivity contribution is 6.31. The summed E-state index contributed by atoms with van der Waals surface area (Å²) < 4.78 is 2.12. The normalized spacial score (nSPS) is 11.1. The topological polar surface area (TPSA) is 43.8 Å². The second-order valence-electron chi connectivity index (χ2n) is 4.58. The molecule has 4 heteroatoms. The van der Waals surface area contributed by atoms with Crippen molar-refractivity contribution >= 4 is 22.5 Å². The molecule has 0 saturated carbocycles. The zero-order valence-corrected chi connectivity index (χ0v) is 11.4. The summed E-state index contributed by atoms with van der Waals surface area (Å²) in [4.78, 5) is 4.24. The van der Waals surface area contributed by atoms with Crippen LogP contribution in [0.4, 0.5) is 0 Å². The molecule has 0 bridgehead atoms. The van der Waals surface area contributed by atoms with Gasteiger partial charge in [0.1, 0.15) is 0 Å². The Bertz CT molecular complexity index is 746. The molecule has 0 saturated heterocycles. The van der Waals surface area contributed by atoms with Gasteiger partial charge in [0.2, 0.25) is 0 Å². The highest BCUT2D eigenvalue weighted by Crippen LogP contribution is 2.28. The molecule has 3 nitrogen and oxygen atoms in total. The van der Waals surface area contributed by atoms with Crippen LogP contribution in [0.15, 0.2) is 42.7 Å². The number of halogens is 1. The molecule has 3 aromatic rings. The summed E-state index contributed by atoms with van der Waals surface area (Å²) >= 11 is 6.05. The molecule has 2 aromatic heterocycles. The predicted octanol–water partition coefficient (Wildman–Crippen LogP) is 3.35. The average molecular weight is 272 g/mol. The van der Waals surface area contributed by atoms with E-state index < -0.39 is 0 Å². The minimum absolute atomic E-state index is 0.497.